The number of thiazole rings is 1. The molecule has 3 rings (SSSR count). The Morgan fingerprint density at radius 1 is 1.36 bits per heavy atom. The molecule has 1 saturated heterocycles. The number of morpholine rings is 1. The van der Waals surface area contributed by atoms with Crippen molar-refractivity contribution in [3.8, 4) is 0 Å². The molecular formula is C20H30N6OS. The lowest BCUT2D eigenvalue weighted by atomic mass is 10.2. The summed E-state index contributed by atoms with van der Waals surface area (Å²) in [6, 6.07) is 4.21. The molecule has 0 amide bonds. The van der Waals surface area contributed by atoms with Gasteiger partial charge in [-0.05, 0) is 32.4 Å². The van der Waals surface area contributed by atoms with Crippen molar-refractivity contribution < 1.29 is 4.74 Å². The molecule has 2 atom stereocenters. The highest BCUT2D eigenvalue weighted by atomic mass is 32.1. The third-order valence-electron chi connectivity index (χ3n) is 4.64. The van der Waals surface area contributed by atoms with Crippen molar-refractivity contribution in [1.29, 1.82) is 0 Å². The van der Waals surface area contributed by atoms with Crippen LogP contribution in [0.4, 0.5) is 5.82 Å². The van der Waals surface area contributed by atoms with E-state index in [0.717, 1.165) is 47.7 Å². The molecule has 0 radical (unpaired) electrons. The van der Waals surface area contributed by atoms with Crippen molar-refractivity contribution in [2.24, 2.45) is 4.99 Å². The SMILES string of the molecule is CN=C(NCc1ccc(N2CC(C)OC(C)C2)nc1)N(C)Cc1csc(C)n1. The van der Waals surface area contributed by atoms with E-state index in [0.29, 0.717) is 6.54 Å². The number of aliphatic imine (C=N–C) groups is 1. The molecule has 0 saturated carbocycles. The summed E-state index contributed by atoms with van der Waals surface area (Å²) < 4.78 is 5.80. The van der Waals surface area contributed by atoms with Crippen LogP contribution in [-0.2, 0) is 17.8 Å². The lowest BCUT2D eigenvalue weighted by molar-refractivity contribution is -0.00545. The highest BCUT2D eigenvalue weighted by Crippen LogP contribution is 2.18. The Morgan fingerprint density at radius 3 is 2.68 bits per heavy atom. The van der Waals surface area contributed by atoms with Crippen LogP contribution < -0.4 is 10.2 Å². The fourth-order valence-electron chi connectivity index (χ4n) is 3.44. The first-order chi connectivity index (χ1) is 13.4. The molecule has 0 aliphatic carbocycles. The van der Waals surface area contributed by atoms with Crippen molar-refractivity contribution in [2.75, 3.05) is 32.1 Å². The minimum Gasteiger partial charge on any atom is -0.372 e. The lowest BCUT2D eigenvalue weighted by Crippen LogP contribution is -2.45. The van der Waals surface area contributed by atoms with Gasteiger partial charge in [-0.15, -0.1) is 11.3 Å². The number of rotatable bonds is 5. The van der Waals surface area contributed by atoms with E-state index < -0.39 is 0 Å². The average Bonchev–Trinajstić information content (AvgIpc) is 3.06. The van der Waals surface area contributed by atoms with E-state index in [-0.39, 0.29) is 12.2 Å². The van der Waals surface area contributed by atoms with Crippen LogP contribution in [0.15, 0.2) is 28.7 Å². The summed E-state index contributed by atoms with van der Waals surface area (Å²) >= 11 is 1.67. The smallest absolute Gasteiger partial charge is 0.194 e. The molecule has 0 spiro atoms. The minimum atomic E-state index is 0.229. The van der Waals surface area contributed by atoms with Crippen LogP contribution in [0.2, 0.25) is 0 Å². The molecule has 1 aliphatic rings. The van der Waals surface area contributed by atoms with Crippen molar-refractivity contribution in [3.05, 3.63) is 40.0 Å². The van der Waals surface area contributed by atoms with Crippen LogP contribution in [0.25, 0.3) is 0 Å². The van der Waals surface area contributed by atoms with Crippen molar-refractivity contribution >= 4 is 23.1 Å². The summed E-state index contributed by atoms with van der Waals surface area (Å²) in [4.78, 5) is 17.9. The van der Waals surface area contributed by atoms with Gasteiger partial charge in [0, 0.05) is 45.3 Å². The molecule has 2 aromatic heterocycles. The Balaban J connectivity index is 1.54. The van der Waals surface area contributed by atoms with E-state index in [2.05, 4.69) is 61.4 Å². The Kier molecular flexibility index (Phi) is 6.85. The van der Waals surface area contributed by atoms with Crippen molar-refractivity contribution in [1.82, 2.24) is 20.2 Å². The zero-order valence-electron chi connectivity index (χ0n) is 17.3. The van der Waals surface area contributed by atoms with E-state index >= 15 is 0 Å². The second-order valence-corrected chi connectivity index (χ2v) is 8.36. The van der Waals surface area contributed by atoms with Crippen molar-refractivity contribution in [2.45, 2.75) is 46.1 Å². The van der Waals surface area contributed by atoms with E-state index in [9.17, 15) is 0 Å². The number of aromatic nitrogens is 2. The second kappa shape index (κ2) is 9.34. The molecule has 1 aliphatic heterocycles. The maximum atomic E-state index is 5.80. The number of hydrogen-bond donors (Lipinski definition) is 1. The number of anilines is 1. The zero-order valence-corrected chi connectivity index (χ0v) is 18.2. The van der Waals surface area contributed by atoms with Gasteiger partial charge in [0.05, 0.1) is 29.5 Å². The van der Waals surface area contributed by atoms with Gasteiger partial charge in [0.1, 0.15) is 5.82 Å². The maximum absolute atomic E-state index is 5.80. The minimum absolute atomic E-state index is 0.229. The fourth-order valence-corrected chi connectivity index (χ4v) is 4.04. The first-order valence-corrected chi connectivity index (χ1v) is 10.5. The Morgan fingerprint density at radius 2 is 2.11 bits per heavy atom. The van der Waals surface area contributed by atoms with Crippen LogP contribution in [0.3, 0.4) is 0 Å². The van der Waals surface area contributed by atoms with Gasteiger partial charge < -0.3 is 19.9 Å². The number of ether oxygens (including phenoxy) is 1. The molecule has 28 heavy (non-hydrogen) atoms. The molecular weight excluding hydrogens is 372 g/mol. The third kappa shape index (κ3) is 5.42. The van der Waals surface area contributed by atoms with E-state index in [1.165, 1.54) is 0 Å². The number of aryl methyl sites for hydroxylation is 1. The quantitative estimate of drug-likeness (QED) is 0.613. The standard InChI is InChI=1S/C20H30N6OS/c1-14-10-26(11-15(2)27-14)19-7-6-17(8-22-19)9-23-20(21-4)25(5)12-18-13-28-16(3)24-18/h6-8,13-15H,9-12H2,1-5H3,(H,21,23). The summed E-state index contributed by atoms with van der Waals surface area (Å²) in [5, 5.41) is 6.58. The number of nitrogens with zero attached hydrogens (tertiary/aromatic N) is 5. The second-order valence-electron chi connectivity index (χ2n) is 7.30. The highest BCUT2D eigenvalue weighted by Gasteiger charge is 2.23. The first kappa shape index (κ1) is 20.5. The predicted octanol–water partition coefficient (Wildman–Crippen LogP) is 2.67. The van der Waals surface area contributed by atoms with Crippen molar-refractivity contribution in [3.63, 3.8) is 0 Å². The maximum Gasteiger partial charge on any atom is 0.194 e. The van der Waals surface area contributed by atoms with Crippen LogP contribution in [0, 0.1) is 6.92 Å². The predicted molar refractivity (Wildman–Crippen MR) is 115 cm³/mol. The van der Waals surface area contributed by atoms with Crippen LogP contribution in [-0.4, -0.2) is 60.2 Å². The summed E-state index contributed by atoms with van der Waals surface area (Å²) in [6.07, 6.45) is 2.39. The Bertz CT molecular complexity index is 780. The van der Waals surface area contributed by atoms with Gasteiger partial charge in [-0.2, -0.15) is 0 Å². The monoisotopic (exact) mass is 402 g/mol. The molecule has 2 aromatic rings. The van der Waals surface area contributed by atoms with Crippen LogP contribution >= 0.6 is 11.3 Å². The molecule has 0 aromatic carbocycles. The topological polar surface area (TPSA) is 65.9 Å². The van der Waals surface area contributed by atoms with E-state index in [1.54, 1.807) is 18.4 Å². The van der Waals surface area contributed by atoms with Crippen LogP contribution in [0.5, 0.6) is 0 Å². The average molecular weight is 403 g/mol. The Labute approximate surface area is 171 Å². The molecule has 1 N–H and O–H groups in total. The fraction of sp³-hybridized carbons (Fsp3) is 0.550. The van der Waals surface area contributed by atoms with Gasteiger partial charge in [0.25, 0.3) is 0 Å². The molecule has 152 valence electrons. The lowest BCUT2D eigenvalue weighted by Gasteiger charge is -2.36. The van der Waals surface area contributed by atoms with Gasteiger partial charge >= 0.3 is 0 Å². The normalized spacial score (nSPS) is 20.3. The highest BCUT2D eigenvalue weighted by molar-refractivity contribution is 7.09. The molecule has 1 fully saturated rings. The molecule has 2 unspecified atom stereocenters. The molecule has 3 heterocycles. The summed E-state index contributed by atoms with van der Waals surface area (Å²) in [7, 11) is 3.82. The first-order valence-electron chi connectivity index (χ1n) is 9.62. The van der Waals surface area contributed by atoms with E-state index in [1.807, 2.05) is 20.2 Å². The molecule has 8 heteroatoms. The van der Waals surface area contributed by atoms with E-state index in [4.69, 9.17) is 4.74 Å². The largest absolute Gasteiger partial charge is 0.372 e. The molecule has 7 nitrogen and oxygen atoms in total. The van der Waals surface area contributed by atoms with Gasteiger partial charge in [0.2, 0.25) is 0 Å². The number of hydrogen-bond acceptors (Lipinski definition) is 6. The summed E-state index contributed by atoms with van der Waals surface area (Å²) in [6.45, 7) is 9.40. The van der Waals surface area contributed by atoms with Gasteiger partial charge in [-0.3, -0.25) is 4.99 Å². The Hall–Kier alpha value is -2.19. The summed E-state index contributed by atoms with van der Waals surface area (Å²) in [5.74, 6) is 1.84. The number of pyridine rings is 1. The number of nitrogens with one attached hydrogen (secondary N) is 1. The third-order valence-corrected chi connectivity index (χ3v) is 5.46. The number of guanidine groups is 1. The molecule has 0 bridgehead atoms. The van der Waals surface area contributed by atoms with Crippen LogP contribution in [0.1, 0.15) is 30.1 Å². The zero-order chi connectivity index (χ0) is 20.1. The summed E-state index contributed by atoms with van der Waals surface area (Å²) in [5.41, 5.74) is 2.19. The van der Waals surface area contributed by atoms with Gasteiger partial charge in [0.15, 0.2) is 5.96 Å². The van der Waals surface area contributed by atoms with Gasteiger partial charge in [-0.25, -0.2) is 9.97 Å². The van der Waals surface area contributed by atoms with Gasteiger partial charge in [-0.1, -0.05) is 6.07 Å².